The van der Waals surface area contributed by atoms with Crippen molar-refractivity contribution in [1.82, 2.24) is 5.32 Å². The summed E-state index contributed by atoms with van der Waals surface area (Å²) in [6, 6.07) is 9.73. The van der Waals surface area contributed by atoms with Crippen LogP contribution in [0.2, 0.25) is 4.34 Å². The van der Waals surface area contributed by atoms with Crippen LogP contribution < -0.4 is 10.5 Å². The van der Waals surface area contributed by atoms with Crippen LogP contribution >= 0.6 is 34.7 Å². The fraction of sp³-hybridized carbons (Fsp3) is 0.267. The number of hydrogen-bond donors (Lipinski definition) is 2. The van der Waals surface area contributed by atoms with Crippen LogP contribution in [0.5, 0.6) is 0 Å². The second-order valence-corrected chi connectivity index (χ2v) is 9.45. The lowest BCUT2D eigenvalue weighted by Crippen LogP contribution is -2.28. The van der Waals surface area contributed by atoms with E-state index in [0.29, 0.717) is 5.75 Å². The van der Waals surface area contributed by atoms with E-state index in [9.17, 15) is 13.2 Å². The van der Waals surface area contributed by atoms with Crippen molar-refractivity contribution in [3.8, 4) is 0 Å². The first kappa shape index (κ1) is 19.3. The van der Waals surface area contributed by atoms with Crippen molar-refractivity contribution >= 4 is 50.6 Å². The Bertz CT molecular complexity index is 804. The highest BCUT2D eigenvalue weighted by molar-refractivity contribution is 7.99. The van der Waals surface area contributed by atoms with E-state index in [2.05, 4.69) is 5.32 Å². The van der Waals surface area contributed by atoms with Gasteiger partial charge in [-0.1, -0.05) is 23.7 Å². The summed E-state index contributed by atoms with van der Waals surface area (Å²) in [6.45, 7) is 1.84. The van der Waals surface area contributed by atoms with E-state index in [1.165, 1.54) is 35.2 Å². The Morgan fingerprint density at radius 2 is 1.96 bits per heavy atom. The van der Waals surface area contributed by atoms with E-state index in [0.717, 1.165) is 20.5 Å². The van der Waals surface area contributed by atoms with Crippen LogP contribution in [0.1, 0.15) is 23.4 Å². The Labute approximate surface area is 154 Å². The van der Waals surface area contributed by atoms with Crippen LogP contribution in [0.15, 0.2) is 41.3 Å². The molecule has 0 saturated carbocycles. The molecule has 1 aromatic carbocycles. The molecule has 0 radical (unpaired) electrons. The monoisotopic (exact) mass is 404 g/mol. The van der Waals surface area contributed by atoms with Crippen molar-refractivity contribution in [2.75, 3.05) is 5.75 Å². The number of thiophene rings is 1. The molecule has 1 amide bonds. The van der Waals surface area contributed by atoms with Crippen LogP contribution in [0.3, 0.4) is 0 Å². The van der Waals surface area contributed by atoms with Gasteiger partial charge in [-0.05, 0) is 36.8 Å². The number of carbonyl (C=O) groups is 1. The van der Waals surface area contributed by atoms with Gasteiger partial charge in [-0.25, -0.2) is 13.6 Å². The molecule has 0 saturated heterocycles. The number of benzene rings is 1. The number of hydrogen-bond acceptors (Lipinski definition) is 5. The molecule has 0 aliphatic carbocycles. The van der Waals surface area contributed by atoms with E-state index in [-0.39, 0.29) is 16.8 Å². The third kappa shape index (κ3) is 5.78. The number of nitrogens with one attached hydrogen (secondary N) is 1. The van der Waals surface area contributed by atoms with Gasteiger partial charge in [-0.2, -0.15) is 0 Å². The molecule has 1 atom stereocenters. The minimum atomic E-state index is -3.70. The molecule has 5 nitrogen and oxygen atoms in total. The predicted molar refractivity (Wildman–Crippen MR) is 99.9 cm³/mol. The minimum Gasteiger partial charge on any atom is -0.349 e. The molecule has 9 heteroatoms. The maximum absolute atomic E-state index is 12.0. The topological polar surface area (TPSA) is 89.3 Å². The summed E-state index contributed by atoms with van der Waals surface area (Å²) in [4.78, 5) is 13.2. The Morgan fingerprint density at radius 3 is 2.50 bits per heavy atom. The summed E-state index contributed by atoms with van der Waals surface area (Å²) in [6.07, 6.45) is 0. The molecular weight excluding hydrogens is 388 g/mol. The molecule has 2 rings (SSSR count). The van der Waals surface area contributed by atoms with Crippen LogP contribution in [0.25, 0.3) is 0 Å². The van der Waals surface area contributed by atoms with Gasteiger partial charge in [0.1, 0.15) is 0 Å². The van der Waals surface area contributed by atoms with E-state index in [1.807, 2.05) is 19.1 Å². The van der Waals surface area contributed by atoms with Gasteiger partial charge in [0, 0.05) is 10.6 Å². The normalized spacial score (nSPS) is 12.8. The smallest absolute Gasteiger partial charge is 0.238 e. The highest BCUT2D eigenvalue weighted by Crippen LogP contribution is 2.25. The first-order valence-corrected chi connectivity index (χ1v) is 10.9. The van der Waals surface area contributed by atoms with Crippen molar-refractivity contribution in [3.63, 3.8) is 0 Å². The third-order valence-electron chi connectivity index (χ3n) is 3.19. The molecule has 1 unspecified atom stereocenters. The van der Waals surface area contributed by atoms with E-state index >= 15 is 0 Å². The van der Waals surface area contributed by atoms with Crippen LogP contribution in [0.4, 0.5) is 0 Å². The zero-order chi connectivity index (χ0) is 17.7. The molecular formula is C15H17ClN2O3S3. The summed E-state index contributed by atoms with van der Waals surface area (Å²) in [5.41, 5.74) is 0.811. The number of rotatable bonds is 7. The second kappa shape index (κ2) is 8.35. The molecule has 24 heavy (non-hydrogen) atoms. The van der Waals surface area contributed by atoms with Crippen molar-refractivity contribution < 1.29 is 13.2 Å². The van der Waals surface area contributed by atoms with Crippen molar-refractivity contribution in [2.24, 2.45) is 5.14 Å². The number of halogens is 1. The van der Waals surface area contributed by atoms with Crippen molar-refractivity contribution in [3.05, 3.63) is 51.2 Å². The molecule has 0 spiro atoms. The summed E-state index contributed by atoms with van der Waals surface area (Å²) < 4.78 is 23.2. The van der Waals surface area contributed by atoms with Crippen LogP contribution in [-0.2, 0) is 20.6 Å². The van der Waals surface area contributed by atoms with E-state index in [1.54, 1.807) is 12.1 Å². The van der Waals surface area contributed by atoms with Gasteiger partial charge >= 0.3 is 0 Å². The molecule has 0 fully saturated rings. The van der Waals surface area contributed by atoms with E-state index < -0.39 is 10.0 Å². The van der Waals surface area contributed by atoms with Gasteiger partial charge in [0.25, 0.3) is 0 Å². The third-order valence-corrected chi connectivity index (χ3v) is 6.52. The van der Waals surface area contributed by atoms with Gasteiger partial charge < -0.3 is 5.32 Å². The SMILES string of the molecule is CC(NC(=O)CSCc1ccc(Cl)s1)c1ccc(S(N)(=O)=O)cc1. The number of carbonyl (C=O) groups excluding carboxylic acids is 1. The first-order chi connectivity index (χ1) is 11.3. The van der Waals surface area contributed by atoms with Gasteiger partial charge in [-0.15, -0.1) is 23.1 Å². The average molecular weight is 405 g/mol. The number of sulfonamides is 1. The number of nitrogens with two attached hydrogens (primary N) is 1. The second-order valence-electron chi connectivity index (χ2n) is 5.10. The lowest BCUT2D eigenvalue weighted by molar-refractivity contribution is -0.119. The highest BCUT2D eigenvalue weighted by Gasteiger charge is 2.12. The zero-order valence-corrected chi connectivity index (χ0v) is 16.1. The minimum absolute atomic E-state index is 0.0509. The molecule has 3 N–H and O–H groups in total. The molecule has 2 aromatic rings. The number of thioether (sulfide) groups is 1. The fourth-order valence-corrected chi connectivity index (χ4v) is 4.54. The fourth-order valence-electron chi connectivity index (χ4n) is 1.99. The molecule has 130 valence electrons. The average Bonchev–Trinajstić information content (AvgIpc) is 2.92. The molecule has 1 aromatic heterocycles. The molecule has 0 bridgehead atoms. The quantitative estimate of drug-likeness (QED) is 0.741. The van der Waals surface area contributed by atoms with Gasteiger partial charge in [0.2, 0.25) is 15.9 Å². The summed E-state index contributed by atoms with van der Waals surface area (Å²) in [5, 5.41) is 7.94. The van der Waals surface area contributed by atoms with Crippen molar-refractivity contribution in [2.45, 2.75) is 23.6 Å². The van der Waals surface area contributed by atoms with Crippen LogP contribution in [0, 0.1) is 0 Å². The Morgan fingerprint density at radius 1 is 1.29 bits per heavy atom. The Hall–Kier alpha value is -1.06. The maximum Gasteiger partial charge on any atom is 0.238 e. The van der Waals surface area contributed by atoms with E-state index in [4.69, 9.17) is 16.7 Å². The Kier molecular flexibility index (Phi) is 6.70. The van der Waals surface area contributed by atoms with Gasteiger partial charge in [0.15, 0.2) is 0 Å². The lowest BCUT2D eigenvalue weighted by Gasteiger charge is -2.14. The van der Waals surface area contributed by atoms with Gasteiger partial charge in [-0.3, -0.25) is 4.79 Å². The summed E-state index contributed by atoms with van der Waals surface area (Å²) in [7, 11) is -3.70. The largest absolute Gasteiger partial charge is 0.349 e. The van der Waals surface area contributed by atoms with Gasteiger partial charge in [0.05, 0.1) is 21.0 Å². The maximum atomic E-state index is 12.0. The standard InChI is InChI=1S/C15H17ClN2O3S3/c1-10(11-2-5-13(6-3-11)24(17,20)21)18-15(19)9-22-8-12-4-7-14(16)23-12/h2-7,10H,8-9H2,1H3,(H,18,19)(H2,17,20,21). The predicted octanol–water partition coefficient (Wildman–Crippen LogP) is 3.16. The van der Waals surface area contributed by atoms with Crippen LogP contribution in [-0.4, -0.2) is 20.1 Å². The summed E-state index contributed by atoms with van der Waals surface area (Å²) >= 11 is 8.88. The summed E-state index contributed by atoms with van der Waals surface area (Å²) in [5.74, 6) is 1.00. The lowest BCUT2D eigenvalue weighted by atomic mass is 10.1. The highest BCUT2D eigenvalue weighted by atomic mass is 35.5. The Balaban J connectivity index is 1.82. The molecule has 0 aliphatic rings. The molecule has 0 aliphatic heterocycles. The molecule has 1 heterocycles. The first-order valence-electron chi connectivity index (χ1n) is 7.00. The number of amides is 1. The number of primary sulfonamides is 1. The zero-order valence-electron chi connectivity index (χ0n) is 12.9. The van der Waals surface area contributed by atoms with Crippen molar-refractivity contribution in [1.29, 1.82) is 0 Å².